The van der Waals surface area contributed by atoms with Crippen LogP contribution in [0.2, 0.25) is 0 Å². The molecule has 0 aromatic heterocycles. The van der Waals surface area contributed by atoms with Crippen LogP contribution in [-0.4, -0.2) is 37.2 Å². The fourth-order valence-corrected chi connectivity index (χ4v) is 2.79. The highest BCUT2D eigenvalue weighted by atomic mass is 16.5. The van der Waals surface area contributed by atoms with Crippen LogP contribution in [0, 0.1) is 17.3 Å². The van der Waals surface area contributed by atoms with Gasteiger partial charge >= 0.3 is 5.97 Å². The van der Waals surface area contributed by atoms with Crippen molar-refractivity contribution in [1.29, 1.82) is 0 Å². The van der Waals surface area contributed by atoms with Crippen LogP contribution in [0.4, 0.5) is 0 Å². The molecule has 2 aliphatic rings. The van der Waals surface area contributed by atoms with Crippen LogP contribution in [-0.2, 0) is 14.3 Å². The zero-order valence-corrected chi connectivity index (χ0v) is 11.9. The van der Waals surface area contributed by atoms with E-state index in [1.54, 1.807) is 7.11 Å². The Kier molecular flexibility index (Phi) is 4.81. The van der Waals surface area contributed by atoms with Gasteiger partial charge in [0, 0.05) is 20.3 Å². The molecule has 0 unspecified atom stereocenters. The zero-order valence-electron chi connectivity index (χ0n) is 11.9. The first-order valence-electron chi connectivity index (χ1n) is 7.22. The average Bonchev–Trinajstić information content (AvgIpc) is 3.23. The molecule has 5 heteroatoms. The summed E-state index contributed by atoms with van der Waals surface area (Å²) in [5, 5.41) is 12.1. The molecule has 2 aliphatic carbocycles. The Morgan fingerprint density at radius 3 is 2.50 bits per heavy atom. The topological polar surface area (TPSA) is 75.6 Å². The summed E-state index contributed by atoms with van der Waals surface area (Å²) in [6.45, 7) is 1.35. The van der Waals surface area contributed by atoms with E-state index in [1.807, 2.05) is 12.2 Å². The second kappa shape index (κ2) is 6.39. The first-order valence-corrected chi connectivity index (χ1v) is 7.22. The molecule has 2 rings (SSSR count). The number of aliphatic carboxylic acids is 1. The highest BCUT2D eigenvalue weighted by molar-refractivity contribution is 5.85. The SMILES string of the molecule is COCCC1(CNC(=O)[C@@H]2CC=CC[C@@H]2C(=O)O)CC1. The predicted molar refractivity (Wildman–Crippen MR) is 74.2 cm³/mol. The van der Waals surface area contributed by atoms with Crippen LogP contribution >= 0.6 is 0 Å². The molecule has 0 spiro atoms. The largest absolute Gasteiger partial charge is 0.481 e. The standard InChI is InChI=1S/C15H23NO4/c1-20-9-8-15(6-7-15)10-16-13(17)11-4-2-3-5-12(11)14(18)19/h2-3,11-12H,4-10H2,1H3,(H,16,17)(H,18,19)/t11-,12+/m1/s1. The van der Waals surface area contributed by atoms with E-state index in [0.717, 1.165) is 19.3 Å². The van der Waals surface area contributed by atoms with Crippen LogP contribution < -0.4 is 5.32 Å². The van der Waals surface area contributed by atoms with Crippen molar-refractivity contribution in [3.8, 4) is 0 Å². The highest BCUT2D eigenvalue weighted by Gasteiger charge is 2.43. The van der Waals surface area contributed by atoms with Crippen molar-refractivity contribution in [2.24, 2.45) is 17.3 Å². The number of allylic oxidation sites excluding steroid dienone is 2. The number of ether oxygens (including phenoxy) is 1. The summed E-state index contributed by atoms with van der Waals surface area (Å²) in [6, 6.07) is 0. The summed E-state index contributed by atoms with van der Waals surface area (Å²) in [6.07, 6.45) is 7.91. The number of rotatable bonds is 7. The van der Waals surface area contributed by atoms with E-state index in [0.29, 0.717) is 26.0 Å². The molecule has 2 atom stereocenters. The number of carboxylic acids is 1. The number of carboxylic acid groups (broad SMARTS) is 1. The molecule has 0 bridgehead atoms. The molecule has 0 radical (unpaired) electrons. The van der Waals surface area contributed by atoms with Gasteiger partial charge in [0.05, 0.1) is 11.8 Å². The number of nitrogens with one attached hydrogen (secondary N) is 1. The van der Waals surface area contributed by atoms with Gasteiger partial charge in [-0.1, -0.05) is 12.2 Å². The lowest BCUT2D eigenvalue weighted by molar-refractivity contribution is -0.147. The van der Waals surface area contributed by atoms with Crippen LogP contribution in [0.3, 0.4) is 0 Å². The summed E-state index contributed by atoms with van der Waals surface area (Å²) in [7, 11) is 1.68. The molecular weight excluding hydrogens is 258 g/mol. The third-order valence-electron chi connectivity index (χ3n) is 4.52. The maximum Gasteiger partial charge on any atom is 0.307 e. The third-order valence-corrected chi connectivity index (χ3v) is 4.52. The van der Waals surface area contributed by atoms with E-state index >= 15 is 0 Å². The molecule has 0 aromatic carbocycles. The van der Waals surface area contributed by atoms with E-state index in [1.165, 1.54) is 0 Å². The molecular formula is C15H23NO4. The fourth-order valence-electron chi connectivity index (χ4n) is 2.79. The second-order valence-corrected chi connectivity index (χ2v) is 5.95. The lowest BCUT2D eigenvalue weighted by atomic mass is 9.82. The summed E-state index contributed by atoms with van der Waals surface area (Å²) in [4.78, 5) is 23.4. The Labute approximate surface area is 119 Å². The van der Waals surface area contributed by atoms with Crippen LogP contribution in [0.25, 0.3) is 0 Å². The number of carbonyl (C=O) groups excluding carboxylic acids is 1. The number of amides is 1. The number of hydrogen-bond acceptors (Lipinski definition) is 3. The van der Waals surface area contributed by atoms with Gasteiger partial charge in [-0.2, -0.15) is 0 Å². The minimum Gasteiger partial charge on any atom is -0.481 e. The normalized spacial score (nSPS) is 27.1. The molecule has 0 aromatic rings. The maximum atomic E-state index is 12.2. The molecule has 2 N–H and O–H groups in total. The van der Waals surface area contributed by atoms with Crippen molar-refractivity contribution in [2.75, 3.05) is 20.3 Å². The Morgan fingerprint density at radius 2 is 1.95 bits per heavy atom. The van der Waals surface area contributed by atoms with E-state index in [-0.39, 0.29) is 11.3 Å². The Hall–Kier alpha value is -1.36. The van der Waals surface area contributed by atoms with Crippen molar-refractivity contribution in [3.05, 3.63) is 12.2 Å². The van der Waals surface area contributed by atoms with Gasteiger partial charge in [-0.05, 0) is 37.5 Å². The van der Waals surface area contributed by atoms with E-state index in [4.69, 9.17) is 4.74 Å². The quantitative estimate of drug-likeness (QED) is 0.695. The summed E-state index contributed by atoms with van der Waals surface area (Å²) < 4.78 is 5.09. The summed E-state index contributed by atoms with van der Waals surface area (Å²) in [5.74, 6) is -2.02. The van der Waals surface area contributed by atoms with Gasteiger partial charge in [-0.15, -0.1) is 0 Å². The van der Waals surface area contributed by atoms with Crippen molar-refractivity contribution in [1.82, 2.24) is 5.32 Å². The Bertz CT molecular complexity index is 401. The average molecular weight is 281 g/mol. The fraction of sp³-hybridized carbons (Fsp3) is 0.733. The number of methoxy groups -OCH3 is 1. The molecule has 112 valence electrons. The molecule has 0 aliphatic heterocycles. The van der Waals surface area contributed by atoms with Crippen molar-refractivity contribution in [2.45, 2.75) is 32.1 Å². The van der Waals surface area contributed by atoms with Crippen molar-refractivity contribution in [3.63, 3.8) is 0 Å². The van der Waals surface area contributed by atoms with Gasteiger partial charge < -0.3 is 15.2 Å². The Morgan fingerprint density at radius 1 is 1.30 bits per heavy atom. The lowest BCUT2D eigenvalue weighted by Gasteiger charge is -2.25. The molecule has 1 fully saturated rings. The molecule has 0 heterocycles. The van der Waals surface area contributed by atoms with Crippen molar-refractivity contribution >= 4 is 11.9 Å². The van der Waals surface area contributed by atoms with Gasteiger partial charge in [0.2, 0.25) is 5.91 Å². The van der Waals surface area contributed by atoms with E-state index in [2.05, 4.69) is 5.32 Å². The van der Waals surface area contributed by atoms with Crippen LogP contribution in [0.5, 0.6) is 0 Å². The van der Waals surface area contributed by atoms with E-state index < -0.39 is 17.8 Å². The van der Waals surface area contributed by atoms with Gasteiger partial charge in [-0.3, -0.25) is 9.59 Å². The minimum absolute atomic E-state index is 0.120. The maximum absolute atomic E-state index is 12.2. The Balaban J connectivity index is 1.85. The molecule has 1 saturated carbocycles. The molecule has 1 amide bonds. The predicted octanol–water partition coefficient (Wildman–Crippen LogP) is 1.59. The first-order chi connectivity index (χ1) is 9.58. The summed E-state index contributed by atoms with van der Waals surface area (Å²) >= 11 is 0. The minimum atomic E-state index is -0.880. The highest BCUT2D eigenvalue weighted by Crippen LogP contribution is 2.48. The molecule has 5 nitrogen and oxygen atoms in total. The van der Waals surface area contributed by atoms with Gasteiger partial charge in [0.15, 0.2) is 0 Å². The molecule has 20 heavy (non-hydrogen) atoms. The zero-order chi connectivity index (χ0) is 14.6. The van der Waals surface area contributed by atoms with E-state index in [9.17, 15) is 14.7 Å². The number of hydrogen-bond donors (Lipinski definition) is 2. The monoisotopic (exact) mass is 281 g/mol. The third kappa shape index (κ3) is 3.60. The second-order valence-electron chi connectivity index (χ2n) is 5.95. The smallest absolute Gasteiger partial charge is 0.307 e. The van der Waals surface area contributed by atoms with Crippen LogP contribution in [0.15, 0.2) is 12.2 Å². The number of carbonyl (C=O) groups is 2. The summed E-state index contributed by atoms with van der Waals surface area (Å²) in [5.41, 5.74) is 0.189. The molecule has 0 saturated heterocycles. The van der Waals surface area contributed by atoms with Crippen LogP contribution in [0.1, 0.15) is 32.1 Å². The van der Waals surface area contributed by atoms with Gasteiger partial charge in [-0.25, -0.2) is 0 Å². The van der Waals surface area contributed by atoms with Gasteiger partial charge in [0.25, 0.3) is 0 Å². The first kappa shape index (κ1) is 15.0. The van der Waals surface area contributed by atoms with Gasteiger partial charge in [0.1, 0.15) is 0 Å². The lowest BCUT2D eigenvalue weighted by Crippen LogP contribution is -2.41. The van der Waals surface area contributed by atoms with Crippen molar-refractivity contribution < 1.29 is 19.4 Å².